The molecule has 1 aliphatic heterocycles. The number of nitrogens with zero attached hydrogens (tertiary/aromatic N) is 2. The van der Waals surface area contributed by atoms with Crippen LogP contribution in [0.3, 0.4) is 0 Å². The maximum atomic E-state index is 13.6. The summed E-state index contributed by atoms with van der Waals surface area (Å²) in [7, 11) is 2.11. The van der Waals surface area contributed by atoms with Gasteiger partial charge in [-0.1, -0.05) is 11.6 Å². The second-order valence-corrected chi connectivity index (χ2v) is 5.50. The summed E-state index contributed by atoms with van der Waals surface area (Å²) in [5, 5.41) is 0.0754. The predicted octanol–water partition coefficient (Wildman–Crippen LogP) is 2.59. The lowest BCUT2D eigenvalue weighted by molar-refractivity contribution is 0.170. The van der Waals surface area contributed by atoms with E-state index in [1.807, 2.05) is 0 Å². The van der Waals surface area contributed by atoms with Gasteiger partial charge in [0.25, 0.3) is 0 Å². The average Bonchev–Trinajstić information content (AvgIpc) is 2.30. The Morgan fingerprint density at radius 3 is 2.39 bits per heavy atom. The van der Waals surface area contributed by atoms with E-state index in [1.165, 1.54) is 12.1 Å². The zero-order valence-electron chi connectivity index (χ0n) is 11.0. The summed E-state index contributed by atoms with van der Waals surface area (Å²) in [6, 6.07) is 3.74. The lowest BCUT2D eigenvalue weighted by atomic mass is 10.1. The van der Waals surface area contributed by atoms with E-state index in [2.05, 4.69) is 30.7 Å². The monoisotopic (exact) mass is 271 g/mol. The van der Waals surface area contributed by atoms with E-state index in [0.29, 0.717) is 17.8 Å². The fraction of sp³-hybridized carbons (Fsp3) is 0.538. The Morgan fingerprint density at radius 2 is 1.83 bits per heavy atom. The van der Waals surface area contributed by atoms with Crippen molar-refractivity contribution in [3.05, 3.63) is 23.0 Å². The molecular weight excluding hydrogens is 253 g/mol. The lowest BCUT2D eigenvalue weighted by Gasteiger charge is -2.43. The normalized spacial score (nSPS) is 25.5. The third-order valence-electron chi connectivity index (χ3n) is 3.77. The highest BCUT2D eigenvalue weighted by molar-refractivity contribution is 6.31. The van der Waals surface area contributed by atoms with Crippen LogP contribution >= 0.6 is 11.6 Å². The molecule has 1 aliphatic rings. The van der Waals surface area contributed by atoms with Crippen molar-refractivity contribution in [3.8, 4) is 0 Å². The number of rotatable bonds is 1. The summed E-state index contributed by atoms with van der Waals surface area (Å²) in [6.07, 6.45) is 0. The van der Waals surface area contributed by atoms with Gasteiger partial charge in [0.1, 0.15) is 5.82 Å². The minimum Gasteiger partial charge on any atom is -0.397 e. The van der Waals surface area contributed by atoms with Crippen LogP contribution in [0.25, 0.3) is 0 Å². The van der Waals surface area contributed by atoms with E-state index >= 15 is 0 Å². The highest BCUT2D eigenvalue weighted by Gasteiger charge is 2.27. The third kappa shape index (κ3) is 2.40. The topological polar surface area (TPSA) is 32.5 Å². The maximum absolute atomic E-state index is 13.6. The van der Waals surface area contributed by atoms with Crippen molar-refractivity contribution in [2.45, 2.75) is 25.9 Å². The van der Waals surface area contributed by atoms with E-state index in [0.717, 1.165) is 18.8 Å². The second-order valence-electron chi connectivity index (χ2n) is 5.09. The van der Waals surface area contributed by atoms with Crippen LogP contribution in [-0.4, -0.2) is 37.1 Å². The van der Waals surface area contributed by atoms with Crippen molar-refractivity contribution in [1.29, 1.82) is 0 Å². The Hall–Kier alpha value is -1.00. The average molecular weight is 272 g/mol. The molecule has 100 valence electrons. The number of nitrogens with two attached hydrogens (primary N) is 1. The zero-order chi connectivity index (χ0) is 13.4. The number of hydrogen-bond donors (Lipinski definition) is 1. The van der Waals surface area contributed by atoms with Gasteiger partial charge in [-0.25, -0.2) is 4.39 Å². The Bertz CT molecular complexity index is 440. The van der Waals surface area contributed by atoms with E-state index < -0.39 is 5.82 Å². The minimum absolute atomic E-state index is 0.0754. The van der Waals surface area contributed by atoms with Crippen LogP contribution in [0.1, 0.15) is 13.8 Å². The minimum atomic E-state index is -0.417. The first kappa shape index (κ1) is 13.4. The molecule has 3 nitrogen and oxygen atoms in total. The van der Waals surface area contributed by atoms with Crippen LogP contribution in [-0.2, 0) is 0 Å². The smallest absolute Gasteiger partial charge is 0.144 e. The van der Waals surface area contributed by atoms with Gasteiger partial charge in [0.2, 0.25) is 0 Å². The molecule has 0 aromatic heterocycles. The lowest BCUT2D eigenvalue weighted by Crippen LogP contribution is -2.55. The molecule has 1 aromatic rings. The number of piperazine rings is 1. The van der Waals surface area contributed by atoms with Gasteiger partial charge in [0.05, 0.1) is 16.4 Å². The highest BCUT2D eigenvalue weighted by atomic mass is 35.5. The summed E-state index contributed by atoms with van der Waals surface area (Å²) >= 11 is 5.72. The predicted molar refractivity (Wildman–Crippen MR) is 74.7 cm³/mol. The van der Waals surface area contributed by atoms with Gasteiger partial charge in [-0.05, 0) is 27.0 Å². The van der Waals surface area contributed by atoms with Crippen molar-refractivity contribution in [1.82, 2.24) is 4.90 Å². The molecule has 1 fully saturated rings. The molecule has 0 aliphatic carbocycles. The zero-order valence-corrected chi connectivity index (χ0v) is 11.7. The molecule has 2 unspecified atom stereocenters. The van der Waals surface area contributed by atoms with E-state index in [1.54, 1.807) is 0 Å². The van der Waals surface area contributed by atoms with E-state index in [4.69, 9.17) is 17.3 Å². The third-order valence-corrected chi connectivity index (χ3v) is 4.06. The number of anilines is 2. The summed E-state index contributed by atoms with van der Waals surface area (Å²) in [4.78, 5) is 4.45. The van der Waals surface area contributed by atoms with Crippen molar-refractivity contribution in [2.24, 2.45) is 0 Å². The molecule has 18 heavy (non-hydrogen) atoms. The largest absolute Gasteiger partial charge is 0.397 e. The highest BCUT2D eigenvalue weighted by Crippen LogP contribution is 2.31. The number of likely N-dealkylation sites (N-methyl/N-ethyl adjacent to an activating group) is 1. The van der Waals surface area contributed by atoms with Crippen LogP contribution in [0.5, 0.6) is 0 Å². The first-order chi connectivity index (χ1) is 8.40. The molecule has 2 rings (SSSR count). The molecule has 2 N–H and O–H groups in total. The van der Waals surface area contributed by atoms with Crippen molar-refractivity contribution in [3.63, 3.8) is 0 Å². The Balaban J connectivity index is 2.29. The summed E-state index contributed by atoms with van der Waals surface area (Å²) in [5.41, 5.74) is 7.21. The van der Waals surface area contributed by atoms with Gasteiger partial charge < -0.3 is 10.6 Å². The number of hydrogen-bond acceptors (Lipinski definition) is 3. The number of halogens is 2. The standard InChI is InChI=1S/C13H19ClFN3/c1-8-6-18(7-9(2)17(8)3)13-5-11(15)10(14)4-12(13)16/h4-5,8-9H,6-7,16H2,1-3H3. The molecule has 1 heterocycles. The maximum Gasteiger partial charge on any atom is 0.144 e. The summed E-state index contributed by atoms with van der Waals surface area (Å²) < 4.78 is 13.6. The van der Waals surface area contributed by atoms with Gasteiger partial charge in [0, 0.05) is 31.2 Å². The van der Waals surface area contributed by atoms with Gasteiger partial charge in [-0.3, -0.25) is 4.90 Å². The molecule has 0 bridgehead atoms. The molecule has 0 amide bonds. The van der Waals surface area contributed by atoms with Gasteiger partial charge in [-0.15, -0.1) is 0 Å². The van der Waals surface area contributed by atoms with Crippen LogP contribution in [0.4, 0.5) is 15.8 Å². The SMILES string of the molecule is CC1CN(c2cc(F)c(Cl)cc2N)CC(C)N1C. The van der Waals surface area contributed by atoms with Crippen molar-refractivity contribution in [2.75, 3.05) is 30.8 Å². The Labute approximate surface area is 112 Å². The van der Waals surface area contributed by atoms with E-state index in [-0.39, 0.29) is 5.02 Å². The fourth-order valence-corrected chi connectivity index (χ4v) is 2.60. The Morgan fingerprint density at radius 1 is 1.28 bits per heavy atom. The van der Waals surface area contributed by atoms with Gasteiger partial charge in [0.15, 0.2) is 0 Å². The molecule has 0 saturated carbocycles. The number of benzene rings is 1. The van der Waals surface area contributed by atoms with Crippen LogP contribution < -0.4 is 10.6 Å². The first-order valence-corrected chi connectivity index (χ1v) is 6.49. The number of nitrogen functional groups attached to an aromatic ring is 1. The summed E-state index contributed by atoms with van der Waals surface area (Å²) in [6.45, 7) is 5.99. The van der Waals surface area contributed by atoms with Crippen molar-refractivity contribution < 1.29 is 4.39 Å². The molecule has 1 aromatic carbocycles. The van der Waals surface area contributed by atoms with Crippen LogP contribution in [0.15, 0.2) is 12.1 Å². The molecule has 0 spiro atoms. The van der Waals surface area contributed by atoms with Crippen LogP contribution in [0, 0.1) is 5.82 Å². The molecule has 0 radical (unpaired) electrons. The van der Waals surface area contributed by atoms with Crippen molar-refractivity contribution >= 4 is 23.0 Å². The molecule has 1 saturated heterocycles. The van der Waals surface area contributed by atoms with E-state index in [9.17, 15) is 4.39 Å². The van der Waals surface area contributed by atoms with Gasteiger partial charge in [-0.2, -0.15) is 0 Å². The second kappa shape index (κ2) is 4.94. The summed E-state index contributed by atoms with van der Waals surface area (Å²) in [5.74, 6) is -0.417. The van der Waals surface area contributed by atoms with Crippen LogP contribution in [0.2, 0.25) is 5.02 Å². The molecule has 2 atom stereocenters. The first-order valence-electron chi connectivity index (χ1n) is 6.11. The Kier molecular flexibility index (Phi) is 3.69. The van der Waals surface area contributed by atoms with Gasteiger partial charge >= 0.3 is 0 Å². The fourth-order valence-electron chi connectivity index (χ4n) is 2.43. The quantitative estimate of drug-likeness (QED) is 0.797. The molecular formula is C13H19ClFN3. The molecule has 5 heteroatoms.